The molecule has 0 aliphatic heterocycles. The SMILES string of the molecule is CC(C)(C(=O)O)C(=O)NNC(=O)c1nnc(-c2ccccc2)o1. The molecule has 23 heavy (non-hydrogen) atoms. The van der Waals surface area contributed by atoms with Crippen LogP contribution in [0.4, 0.5) is 0 Å². The van der Waals surface area contributed by atoms with Gasteiger partial charge in [-0.3, -0.25) is 25.2 Å². The van der Waals surface area contributed by atoms with Crippen LogP contribution in [-0.4, -0.2) is 33.1 Å². The maximum Gasteiger partial charge on any atom is 0.327 e. The van der Waals surface area contributed by atoms with Crippen LogP contribution in [0.15, 0.2) is 34.7 Å². The number of hydrazine groups is 1. The molecule has 0 saturated carbocycles. The zero-order valence-electron chi connectivity index (χ0n) is 12.4. The molecule has 0 aliphatic carbocycles. The van der Waals surface area contributed by atoms with Crippen molar-refractivity contribution in [2.45, 2.75) is 13.8 Å². The van der Waals surface area contributed by atoms with Gasteiger partial charge in [-0.2, -0.15) is 0 Å². The monoisotopic (exact) mass is 318 g/mol. The zero-order chi connectivity index (χ0) is 17.0. The first kappa shape index (κ1) is 16.1. The van der Waals surface area contributed by atoms with Gasteiger partial charge in [-0.05, 0) is 26.0 Å². The topological polar surface area (TPSA) is 134 Å². The van der Waals surface area contributed by atoms with E-state index < -0.39 is 23.2 Å². The number of aromatic nitrogens is 2. The highest BCUT2D eigenvalue weighted by Gasteiger charge is 2.36. The fourth-order valence-electron chi connectivity index (χ4n) is 1.43. The molecule has 9 heteroatoms. The molecule has 0 unspecified atom stereocenters. The molecule has 0 fully saturated rings. The van der Waals surface area contributed by atoms with Gasteiger partial charge in [-0.25, -0.2) is 0 Å². The lowest BCUT2D eigenvalue weighted by Gasteiger charge is -2.17. The first-order chi connectivity index (χ1) is 10.8. The number of rotatable bonds is 4. The summed E-state index contributed by atoms with van der Waals surface area (Å²) in [4.78, 5) is 34.4. The second kappa shape index (κ2) is 6.26. The number of carbonyl (C=O) groups excluding carboxylic acids is 2. The standard InChI is InChI=1S/C14H14N4O5/c1-14(2,13(21)22)12(20)18-15-9(19)11-17-16-10(23-11)8-6-4-3-5-7-8/h3-7H,1-2H3,(H,15,19)(H,18,20)(H,21,22). The highest BCUT2D eigenvalue weighted by atomic mass is 16.4. The summed E-state index contributed by atoms with van der Waals surface area (Å²) in [7, 11) is 0. The number of benzene rings is 1. The number of carbonyl (C=O) groups is 3. The molecule has 120 valence electrons. The third kappa shape index (κ3) is 3.51. The molecule has 0 spiro atoms. The maximum absolute atomic E-state index is 11.8. The van der Waals surface area contributed by atoms with Crippen molar-refractivity contribution in [2.24, 2.45) is 5.41 Å². The zero-order valence-corrected chi connectivity index (χ0v) is 12.4. The molecular formula is C14H14N4O5. The molecule has 0 aliphatic rings. The number of hydrogen-bond donors (Lipinski definition) is 3. The van der Waals surface area contributed by atoms with Crippen molar-refractivity contribution in [3.8, 4) is 11.5 Å². The van der Waals surface area contributed by atoms with Gasteiger partial charge in [0.15, 0.2) is 0 Å². The molecule has 0 bridgehead atoms. The first-order valence-electron chi connectivity index (χ1n) is 6.55. The molecule has 0 radical (unpaired) electrons. The van der Waals surface area contributed by atoms with Crippen LogP contribution in [0.5, 0.6) is 0 Å². The highest BCUT2D eigenvalue weighted by Crippen LogP contribution is 2.17. The number of nitrogens with zero attached hydrogens (tertiary/aromatic N) is 2. The van der Waals surface area contributed by atoms with Crippen LogP contribution in [-0.2, 0) is 9.59 Å². The van der Waals surface area contributed by atoms with Gasteiger partial charge in [0, 0.05) is 5.56 Å². The quantitative estimate of drug-likeness (QED) is 0.555. The van der Waals surface area contributed by atoms with Crippen LogP contribution in [0.2, 0.25) is 0 Å². The van der Waals surface area contributed by atoms with Gasteiger partial charge in [-0.15, -0.1) is 10.2 Å². The fourth-order valence-corrected chi connectivity index (χ4v) is 1.43. The van der Waals surface area contributed by atoms with Crippen molar-refractivity contribution in [2.75, 3.05) is 0 Å². The Kier molecular flexibility index (Phi) is 4.39. The predicted molar refractivity (Wildman–Crippen MR) is 76.8 cm³/mol. The van der Waals surface area contributed by atoms with E-state index in [0.29, 0.717) is 5.56 Å². The summed E-state index contributed by atoms with van der Waals surface area (Å²) in [6.45, 7) is 2.41. The smallest absolute Gasteiger partial charge is 0.327 e. The van der Waals surface area contributed by atoms with E-state index in [1.807, 2.05) is 16.9 Å². The lowest BCUT2D eigenvalue weighted by Crippen LogP contribution is -2.50. The van der Waals surface area contributed by atoms with E-state index in [9.17, 15) is 14.4 Å². The molecule has 2 amide bonds. The summed E-state index contributed by atoms with van der Waals surface area (Å²) in [5, 5.41) is 16.2. The Labute approximate surface area is 130 Å². The van der Waals surface area contributed by atoms with E-state index in [2.05, 4.69) is 10.2 Å². The van der Waals surface area contributed by atoms with Crippen LogP contribution in [0.25, 0.3) is 11.5 Å². The Balaban J connectivity index is 2.01. The fraction of sp³-hybridized carbons (Fsp3) is 0.214. The van der Waals surface area contributed by atoms with E-state index in [0.717, 1.165) is 0 Å². The Morgan fingerprint density at radius 2 is 1.74 bits per heavy atom. The number of carboxylic acids is 1. The van der Waals surface area contributed by atoms with Crippen molar-refractivity contribution in [3.63, 3.8) is 0 Å². The Bertz CT molecular complexity index is 739. The average molecular weight is 318 g/mol. The van der Waals surface area contributed by atoms with E-state index in [4.69, 9.17) is 9.52 Å². The number of nitrogens with one attached hydrogen (secondary N) is 2. The van der Waals surface area contributed by atoms with Gasteiger partial charge < -0.3 is 9.52 Å². The second-order valence-electron chi connectivity index (χ2n) is 5.12. The third-order valence-corrected chi connectivity index (χ3v) is 3.03. The molecule has 3 N–H and O–H groups in total. The van der Waals surface area contributed by atoms with Gasteiger partial charge in [0.2, 0.25) is 5.89 Å². The lowest BCUT2D eigenvalue weighted by molar-refractivity contribution is -0.153. The van der Waals surface area contributed by atoms with Gasteiger partial charge >= 0.3 is 17.8 Å². The van der Waals surface area contributed by atoms with Crippen molar-refractivity contribution >= 4 is 17.8 Å². The minimum atomic E-state index is -1.70. The number of aliphatic carboxylic acids is 1. The Morgan fingerprint density at radius 1 is 1.09 bits per heavy atom. The Morgan fingerprint density at radius 3 is 2.35 bits per heavy atom. The van der Waals surface area contributed by atoms with E-state index in [1.165, 1.54) is 13.8 Å². The van der Waals surface area contributed by atoms with Gasteiger partial charge in [0.1, 0.15) is 5.41 Å². The van der Waals surface area contributed by atoms with Crippen LogP contribution in [0.1, 0.15) is 24.5 Å². The van der Waals surface area contributed by atoms with E-state index >= 15 is 0 Å². The van der Waals surface area contributed by atoms with Crippen LogP contribution < -0.4 is 10.9 Å². The van der Waals surface area contributed by atoms with E-state index in [1.54, 1.807) is 24.3 Å². The molecular weight excluding hydrogens is 304 g/mol. The Hall–Kier alpha value is -3.23. The van der Waals surface area contributed by atoms with Gasteiger partial charge in [0.05, 0.1) is 0 Å². The van der Waals surface area contributed by atoms with Gasteiger partial charge in [0.25, 0.3) is 5.91 Å². The number of hydrogen-bond acceptors (Lipinski definition) is 6. The van der Waals surface area contributed by atoms with E-state index in [-0.39, 0.29) is 11.8 Å². The third-order valence-electron chi connectivity index (χ3n) is 3.03. The maximum atomic E-state index is 11.8. The summed E-state index contributed by atoms with van der Waals surface area (Å²) >= 11 is 0. The summed E-state index contributed by atoms with van der Waals surface area (Å²) < 4.78 is 5.19. The molecule has 9 nitrogen and oxygen atoms in total. The minimum absolute atomic E-state index is 0.146. The summed E-state index contributed by atoms with van der Waals surface area (Å²) in [5.74, 6) is -3.28. The molecule has 1 aromatic carbocycles. The van der Waals surface area contributed by atoms with Crippen molar-refractivity contribution in [1.82, 2.24) is 21.0 Å². The number of amides is 2. The molecule has 0 atom stereocenters. The van der Waals surface area contributed by atoms with Crippen molar-refractivity contribution < 1.29 is 23.9 Å². The molecule has 2 aromatic rings. The summed E-state index contributed by atoms with van der Waals surface area (Å²) in [6, 6.07) is 8.81. The molecule has 1 aromatic heterocycles. The van der Waals surface area contributed by atoms with Crippen LogP contribution >= 0.6 is 0 Å². The normalized spacial score (nSPS) is 10.9. The predicted octanol–water partition coefficient (Wildman–Crippen LogP) is 0.608. The summed E-state index contributed by atoms with van der Waals surface area (Å²) in [6.07, 6.45) is 0. The van der Waals surface area contributed by atoms with Crippen LogP contribution in [0, 0.1) is 5.41 Å². The van der Waals surface area contributed by atoms with Gasteiger partial charge in [-0.1, -0.05) is 18.2 Å². The number of carboxylic acid groups (broad SMARTS) is 1. The van der Waals surface area contributed by atoms with Crippen LogP contribution in [0.3, 0.4) is 0 Å². The summed E-state index contributed by atoms with van der Waals surface area (Å²) in [5.41, 5.74) is 2.97. The second-order valence-corrected chi connectivity index (χ2v) is 5.12. The first-order valence-corrected chi connectivity index (χ1v) is 6.55. The van der Waals surface area contributed by atoms with Crippen molar-refractivity contribution in [3.05, 3.63) is 36.2 Å². The molecule has 2 rings (SSSR count). The largest absolute Gasteiger partial charge is 0.480 e. The average Bonchev–Trinajstić information content (AvgIpc) is 3.03. The highest BCUT2D eigenvalue weighted by molar-refractivity contribution is 6.02. The minimum Gasteiger partial charge on any atom is -0.480 e. The molecule has 0 saturated heterocycles. The lowest BCUT2D eigenvalue weighted by atomic mass is 9.93. The van der Waals surface area contributed by atoms with Crippen molar-refractivity contribution in [1.29, 1.82) is 0 Å². The molecule has 1 heterocycles.